The molecule has 2 rings (SSSR count). The summed E-state index contributed by atoms with van der Waals surface area (Å²) in [5, 5.41) is 3.05. The van der Waals surface area contributed by atoms with Gasteiger partial charge in [-0.25, -0.2) is 4.98 Å². The zero-order valence-electron chi connectivity index (χ0n) is 14.8. The average Bonchev–Trinajstić information content (AvgIpc) is 2.52. The molecular formula is C19H25N3O2. The Balaban J connectivity index is 2.00. The highest BCUT2D eigenvalue weighted by Crippen LogP contribution is 2.17. The van der Waals surface area contributed by atoms with Crippen molar-refractivity contribution in [3.05, 3.63) is 62.8 Å². The van der Waals surface area contributed by atoms with Crippen molar-refractivity contribution in [2.45, 2.75) is 53.0 Å². The normalized spacial score (nSPS) is 12.0. The highest BCUT2D eigenvalue weighted by Gasteiger charge is 2.14. The lowest BCUT2D eigenvalue weighted by Crippen LogP contribution is -2.29. The first-order valence-electron chi connectivity index (χ1n) is 8.33. The van der Waals surface area contributed by atoms with E-state index < -0.39 is 0 Å². The molecule has 2 N–H and O–H groups in total. The van der Waals surface area contributed by atoms with Crippen molar-refractivity contribution in [1.82, 2.24) is 15.3 Å². The van der Waals surface area contributed by atoms with Gasteiger partial charge in [-0.3, -0.25) is 9.59 Å². The molecule has 0 fully saturated rings. The van der Waals surface area contributed by atoms with E-state index in [0.717, 1.165) is 12.0 Å². The summed E-state index contributed by atoms with van der Waals surface area (Å²) in [7, 11) is 0. The molecule has 5 nitrogen and oxygen atoms in total. The Labute approximate surface area is 142 Å². The van der Waals surface area contributed by atoms with Crippen molar-refractivity contribution >= 4 is 5.91 Å². The van der Waals surface area contributed by atoms with Crippen molar-refractivity contribution < 1.29 is 4.79 Å². The molecule has 1 aromatic carbocycles. The lowest BCUT2D eigenvalue weighted by Gasteiger charge is -2.18. The third-order valence-corrected chi connectivity index (χ3v) is 4.17. The molecule has 128 valence electrons. The number of H-pyrrole nitrogens is 1. The Bertz CT molecular complexity index is 763. The number of hydrogen-bond donors (Lipinski definition) is 2. The lowest BCUT2D eigenvalue weighted by atomic mass is 10.0. The molecule has 1 unspecified atom stereocenters. The van der Waals surface area contributed by atoms with Crippen molar-refractivity contribution in [2.24, 2.45) is 0 Å². The largest absolute Gasteiger partial charge is 0.349 e. The van der Waals surface area contributed by atoms with E-state index in [1.807, 2.05) is 38.1 Å². The minimum absolute atomic E-state index is 0.00590. The maximum Gasteiger partial charge on any atom is 0.254 e. The third-order valence-electron chi connectivity index (χ3n) is 4.17. The Kier molecular flexibility index (Phi) is 5.90. The van der Waals surface area contributed by atoms with Gasteiger partial charge in [0.1, 0.15) is 5.82 Å². The number of nitrogens with zero attached hydrogens (tertiary/aromatic N) is 1. The molecule has 0 spiro atoms. The predicted octanol–water partition coefficient (Wildman–Crippen LogP) is 2.90. The van der Waals surface area contributed by atoms with Gasteiger partial charge in [-0.1, -0.05) is 36.8 Å². The fourth-order valence-corrected chi connectivity index (χ4v) is 2.77. The van der Waals surface area contributed by atoms with Gasteiger partial charge >= 0.3 is 0 Å². The van der Waals surface area contributed by atoms with Crippen molar-refractivity contribution in [2.75, 3.05) is 0 Å². The van der Waals surface area contributed by atoms with Crippen molar-refractivity contribution in [3.8, 4) is 0 Å². The molecule has 0 saturated heterocycles. The van der Waals surface area contributed by atoms with Gasteiger partial charge in [-0.05, 0) is 39.2 Å². The molecule has 5 heteroatoms. The summed E-state index contributed by atoms with van der Waals surface area (Å²) < 4.78 is 0. The van der Waals surface area contributed by atoms with Gasteiger partial charge < -0.3 is 10.3 Å². The van der Waals surface area contributed by atoms with E-state index in [1.54, 1.807) is 13.8 Å². The van der Waals surface area contributed by atoms with E-state index in [1.165, 1.54) is 5.56 Å². The van der Waals surface area contributed by atoms with Crippen LogP contribution in [0.5, 0.6) is 0 Å². The Morgan fingerprint density at radius 2 is 1.88 bits per heavy atom. The molecule has 0 aliphatic carbocycles. The smallest absolute Gasteiger partial charge is 0.254 e. The van der Waals surface area contributed by atoms with E-state index in [0.29, 0.717) is 23.5 Å². The lowest BCUT2D eigenvalue weighted by molar-refractivity contribution is -0.121. The highest BCUT2D eigenvalue weighted by atomic mass is 16.1. The molecule has 0 aliphatic rings. The Morgan fingerprint density at radius 1 is 1.21 bits per heavy atom. The standard InChI is InChI=1S/C19H25N3O2/c1-5-17(15-8-6-12(2)7-9-15)22-18(23)11-10-16-13(3)20-14(4)21-19(16)24/h6-9,17H,5,10-11H2,1-4H3,(H,22,23)(H,20,21,24). The van der Waals surface area contributed by atoms with Gasteiger partial charge in [-0.15, -0.1) is 0 Å². The minimum Gasteiger partial charge on any atom is -0.349 e. The maximum atomic E-state index is 12.3. The molecule has 2 aromatic rings. The van der Waals surface area contributed by atoms with Crippen LogP contribution in [0.15, 0.2) is 29.1 Å². The molecule has 0 aliphatic heterocycles. The molecular weight excluding hydrogens is 302 g/mol. The summed E-state index contributed by atoms with van der Waals surface area (Å²) in [5.41, 5.74) is 3.41. The van der Waals surface area contributed by atoms with Crippen LogP contribution in [0.25, 0.3) is 0 Å². The first-order valence-corrected chi connectivity index (χ1v) is 8.33. The van der Waals surface area contributed by atoms with Gasteiger partial charge in [-0.2, -0.15) is 0 Å². The Morgan fingerprint density at radius 3 is 2.46 bits per heavy atom. The SMILES string of the molecule is CCC(NC(=O)CCc1c(C)nc(C)[nH]c1=O)c1ccc(C)cc1. The fourth-order valence-electron chi connectivity index (χ4n) is 2.77. The summed E-state index contributed by atoms with van der Waals surface area (Å²) >= 11 is 0. The number of amides is 1. The zero-order chi connectivity index (χ0) is 17.7. The first-order chi connectivity index (χ1) is 11.4. The summed E-state index contributed by atoms with van der Waals surface area (Å²) in [6.45, 7) is 7.64. The van der Waals surface area contributed by atoms with E-state index in [9.17, 15) is 9.59 Å². The second-order valence-corrected chi connectivity index (χ2v) is 6.15. The highest BCUT2D eigenvalue weighted by molar-refractivity contribution is 5.76. The maximum absolute atomic E-state index is 12.3. The van der Waals surface area contributed by atoms with E-state index in [4.69, 9.17) is 0 Å². The first kappa shape index (κ1) is 17.9. The molecule has 1 aromatic heterocycles. The Hall–Kier alpha value is -2.43. The van der Waals surface area contributed by atoms with Crippen LogP contribution in [-0.4, -0.2) is 15.9 Å². The summed E-state index contributed by atoms with van der Waals surface area (Å²) in [6, 6.07) is 8.18. The number of aryl methyl sites for hydroxylation is 3. The summed E-state index contributed by atoms with van der Waals surface area (Å²) in [5.74, 6) is 0.540. The van der Waals surface area contributed by atoms with E-state index >= 15 is 0 Å². The fraction of sp³-hybridized carbons (Fsp3) is 0.421. The van der Waals surface area contributed by atoms with Crippen LogP contribution in [0.4, 0.5) is 0 Å². The van der Waals surface area contributed by atoms with Crippen LogP contribution in [0.3, 0.4) is 0 Å². The van der Waals surface area contributed by atoms with Crippen LogP contribution in [0, 0.1) is 20.8 Å². The van der Waals surface area contributed by atoms with Crippen LogP contribution >= 0.6 is 0 Å². The minimum atomic E-state index is -0.154. The molecule has 1 amide bonds. The number of rotatable bonds is 6. The monoisotopic (exact) mass is 327 g/mol. The number of nitrogens with one attached hydrogen (secondary N) is 2. The number of hydrogen-bond acceptors (Lipinski definition) is 3. The second kappa shape index (κ2) is 7.90. The van der Waals surface area contributed by atoms with Crippen LogP contribution in [0.1, 0.15) is 54.0 Å². The van der Waals surface area contributed by atoms with Gasteiger partial charge in [0.2, 0.25) is 5.91 Å². The molecule has 24 heavy (non-hydrogen) atoms. The van der Waals surface area contributed by atoms with Crippen LogP contribution in [0.2, 0.25) is 0 Å². The molecule has 0 radical (unpaired) electrons. The van der Waals surface area contributed by atoms with Crippen LogP contribution in [-0.2, 0) is 11.2 Å². The van der Waals surface area contributed by atoms with Crippen molar-refractivity contribution in [3.63, 3.8) is 0 Å². The molecule has 1 atom stereocenters. The third kappa shape index (κ3) is 4.54. The van der Waals surface area contributed by atoms with Gasteiger partial charge in [0.15, 0.2) is 0 Å². The van der Waals surface area contributed by atoms with E-state index in [2.05, 4.69) is 15.3 Å². The van der Waals surface area contributed by atoms with E-state index in [-0.39, 0.29) is 23.9 Å². The quantitative estimate of drug-likeness (QED) is 0.856. The zero-order valence-corrected chi connectivity index (χ0v) is 14.8. The van der Waals surface area contributed by atoms with Gasteiger partial charge in [0.25, 0.3) is 5.56 Å². The topological polar surface area (TPSA) is 74.8 Å². The molecule has 0 saturated carbocycles. The molecule has 0 bridgehead atoms. The average molecular weight is 327 g/mol. The molecule has 1 heterocycles. The predicted molar refractivity (Wildman–Crippen MR) is 95.0 cm³/mol. The summed E-state index contributed by atoms with van der Waals surface area (Å²) in [6.07, 6.45) is 1.49. The van der Waals surface area contributed by atoms with Crippen molar-refractivity contribution in [1.29, 1.82) is 0 Å². The van der Waals surface area contributed by atoms with Crippen LogP contribution < -0.4 is 10.9 Å². The second-order valence-electron chi connectivity index (χ2n) is 6.15. The number of carbonyl (C=O) groups excluding carboxylic acids is 1. The van der Waals surface area contributed by atoms with Gasteiger partial charge in [0, 0.05) is 17.7 Å². The summed E-state index contributed by atoms with van der Waals surface area (Å²) in [4.78, 5) is 31.2. The number of carbonyl (C=O) groups is 1. The number of benzene rings is 1. The van der Waals surface area contributed by atoms with Gasteiger partial charge in [0.05, 0.1) is 6.04 Å². The number of aromatic nitrogens is 2. The number of aromatic amines is 1.